The Morgan fingerprint density at radius 2 is 2.00 bits per heavy atom. The number of hydrogen-bond donors (Lipinski definition) is 1. The van der Waals surface area contributed by atoms with E-state index in [9.17, 15) is 4.39 Å². The van der Waals surface area contributed by atoms with Gasteiger partial charge in [-0.1, -0.05) is 17.3 Å². The number of hydrogen-bond acceptors (Lipinski definition) is 4. The molecule has 0 amide bonds. The summed E-state index contributed by atoms with van der Waals surface area (Å²) in [5, 5.41) is 4.96. The summed E-state index contributed by atoms with van der Waals surface area (Å²) in [4.78, 5) is 11.7. The number of aromatic nitrogens is 4. The van der Waals surface area contributed by atoms with Crippen LogP contribution in [0.3, 0.4) is 0 Å². The molecule has 0 atom stereocenters. The topological polar surface area (TPSA) is 67.6 Å². The summed E-state index contributed by atoms with van der Waals surface area (Å²) in [5.41, 5.74) is 2.54. The average Bonchev–Trinajstić information content (AvgIpc) is 3.16. The van der Waals surface area contributed by atoms with Crippen LogP contribution in [-0.4, -0.2) is 20.1 Å². The zero-order valence-electron chi connectivity index (χ0n) is 11.5. The lowest BCUT2D eigenvalue weighted by atomic mass is 10.1. The standard InChI is InChI=1S/C16H11FN4O/c17-11-5-3-10(4-6-11)8-14-20-16(21-22-14)13-9-19-15-12(13)2-1-7-18-15/h1-7,9H,8H2,(H,18,19). The second-order valence-corrected chi connectivity index (χ2v) is 4.92. The van der Waals surface area contributed by atoms with Crippen LogP contribution in [0.2, 0.25) is 0 Å². The maximum Gasteiger partial charge on any atom is 0.231 e. The lowest BCUT2D eigenvalue weighted by Gasteiger charge is -1.95. The van der Waals surface area contributed by atoms with E-state index in [-0.39, 0.29) is 5.82 Å². The molecule has 0 saturated heterocycles. The van der Waals surface area contributed by atoms with Gasteiger partial charge in [-0.2, -0.15) is 4.98 Å². The molecule has 4 aromatic rings. The van der Waals surface area contributed by atoms with E-state index < -0.39 is 0 Å². The quantitative estimate of drug-likeness (QED) is 0.629. The molecular weight excluding hydrogens is 283 g/mol. The van der Waals surface area contributed by atoms with E-state index >= 15 is 0 Å². The zero-order chi connectivity index (χ0) is 14.9. The molecule has 0 aliphatic carbocycles. The molecule has 1 N–H and O–H groups in total. The first-order chi connectivity index (χ1) is 10.8. The van der Waals surface area contributed by atoms with Gasteiger partial charge >= 0.3 is 0 Å². The van der Waals surface area contributed by atoms with Crippen molar-refractivity contribution >= 4 is 11.0 Å². The Morgan fingerprint density at radius 1 is 1.14 bits per heavy atom. The molecule has 3 heterocycles. The Morgan fingerprint density at radius 3 is 2.86 bits per heavy atom. The Bertz CT molecular complexity index is 927. The van der Waals surface area contributed by atoms with Crippen molar-refractivity contribution in [3.8, 4) is 11.4 Å². The van der Waals surface area contributed by atoms with Gasteiger partial charge in [0.15, 0.2) is 0 Å². The fourth-order valence-electron chi connectivity index (χ4n) is 2.35. The van der Waals surface area contributed by atoms with Gasteiger partial charge in [-0.25, -0.2) is 9.37 Å². The summed E-state index contributed by atoms with van der Waals surface area (Å²) < 4.78 is 18.2. The van der Waals surface area contributed by atoms with E-state index in [2.05, 4.69) is 20.1 Å². The minimum atomic E-state index is -0.263. The first-order valence-electron chi connectivity index (χ1n) is 6.79. The number of nitrogens with zero attached hydrogens (tertiary/aromatic N) is 3. The second-order valence-electron chi connectivity index (χ2n) is 4.92. The van der Waals surface area contributed by atoms with Crippen molar-refractivity contribution in [2.24, 2.45) is 0 Å². The molecule has 0 aliphatic heterocycles. The number of halogens is 1. The largest absolute Gasteiger partial charge is 0.345 e. The highest BCUT2D eigenvalue weighted by atomic mass is 19.1. The van der Waals surface area contributed by atoms with Crippen LogP contribution in [0, 0.1) is 5.82 Å². The van der Waals surface area contributed by atoms with Crippen molar-refractivity contribution in [3.05, 3.63) is 66.1 Å². The van der Waals surface area contributed by atoms with Gasteiger partial charge < -0.3 is 9.51 Å². The number of H-pyrrole nitrogens is 1. The van der Waals surface area contributed by atoms with Gasteiger partial charge in [0.2, 0.25) is 11.7 Å². The van der Waals surface area contributed by atoms with Gasteiger partial charge in [-0.05, 0) is 29.8 Å². The number of fused-ring (bicyclic) bond motifs is 1. The summed E-state index contributed by atoms with van der Waals surface area (Å²) in [7, 11) is 0. The van der Waals surface area contributed by atoms with E-state index in [0.717, 1.165) is 22.2 Å². The van der Waals surface area contributed by atoms with Gasteiger partial charge in [-0.3, -0.25) is 0 Å². The number of benzene rings is 1. The number of rotatable bonds is 3. The maximum absolute atomic E-state index is 12.9. The maximum atomic E-state index is 12.9. The fraction of sp³-hybridized carbons (Fsp3) is 0.0625. The normalized spacial score (nSPS) is 11.1. The molecule has 4 rings (SSSR count). The van der Waals surface area contributed by atoms with Gasteiger partial charge in [0.1, 0.15) is 11.5 Å². The molecule has 22 heavy (non-hydrogen) atoms. The van der Waals surface area contributed by atoms with Gasteiger partial charge in [-0.15, -0.1) is 0 Å². The molecule has 0 spiro atoms. The number of nitrogens with one attached hydrogen (secondary N) is 1. The molecule has 0 unspecified atom stereocenters. The minimum Gasteiger partial charge on any atom is -0.345 e. The van der Waals surface area contributed by atoms with Crippen LogP contribution in [-0.2, 0) is 6.42 Å². The Hall–Kier alpha value is -3.02. The molecule has 108 valence electrons. The summed E-state index contributed by atoms with van der Waals surface area (Å²) in [6.45, 7) is 0. The number of pyridine rings is 1. The van der Waals surface area contributed by atoms with Crippen molar-refractivity contribution in [3.63, 3.8) is 0 Å². The van der Waals surface area contributed by atoms with Crippen LogP contribution in [0.15, 0.2) is 53.3 Å². The number of aromatic amines is 1. The first-order valence-corrected chi connectivity index (χ1v) is 6.79. The van der Waals surface area contributed by atoms with Crippen molar-refractivity contribution in [1.29, 1.82) is 0 Å². The Kier molecular flexibility index (Phi) is 2.93. The summed E-state index contributed by atoms with van der Waals surface area (Å²) in [6, 6.07) is 10.0. The molecule has 0 radical (unpaired) electrons. The third kappa shape index (κ3) is 2.24. The smallest absolute Gasteiger partial charge is 0.231 e. The molecule has 5 nitrogen and oxygen atoms in total. The van der Waals surface area contributed by atoms with Crippen LogP contribution in [0.5, 0.6) is 0 Å². The van der Waals surface area contributed by atoms with Crippen LogP contribution >= 0.6 is 0 Å². The summed E-state index contributed by atoms with van der Waals surface area (Å²) in [6.07, 6.45) is 4.00. The van der Waals surface area contributed by atoms with Crippen LogP contribution < -0.4 is 0 Å². The molecule has 1 aromatic carbocycles. The predicted molar refractivity (Wildman–Crippen MR) is 78.6 cm³/mol. The van der Waals surface area contributed by atoms with E-state index in [1.165, 1.54) is 12.1 Å². The highest BCUT2D eigenvalue weighted by molar-refractivity contribution is 5.91. The molecule has 0 aliphatic rings. The van der Waals surface area contributed by atoms with Crippen LogP contribution in [0.4, 0.5) is 4.39 Å². The van der Waals surface area contributed by atoms with Gasteiger partial charge in [0.05, 0.1) is 6.42 Å². The van der Waals surface area contributed by atoms with Crippen LogP contribution in [0.25, 0.3) is 22.4 Å². The summed E-state index contributed by atoms with van der Waals surface area (Å²) >= 11 is 0. The highest BCUT2D eigenvalue weighted by Crippen LogP contribution is 2.25. The predicted octanol–water partition coefficient (Wildman–Crippen LogP) is 3.34. The average molecular weight is 294 g/mol. The zero-order valence-corrected chi connectivity index (χ0v) is 11.5. The highest BCUT2D eigenvalue weighted by Gasteiger charge is 2.13. The molecule has 0 fully saturated rings. The minimum absolute atomic E-state index is 0.263. The van der Waals surface area contributed by atoms with E-state index in [1.807, 2.05) is 18.3 Å². The fourth-order valence-corrected chi connectivity index (χ4v) is 2.35. The van der Waals surface area contributed by atoms with Gasteiger partial charge in [0, 0.05) is 23.3 Å². The lowest BCUT2D eigenvalue weighted by Crippen LogP contribution is -1.88. The molecule has 0 saturated carbocycles. The molecule has 0 bridgehead atoms. The molecule has 3 aromatic heterocycles. The second kappa shape index (κ2) is 5.07. The third-order valence-electron chi connectivity index (χ3n) is 3.43. The van der Waals surface area contributed by atoms with E-state index in [1.54, 1.807) is 18.3 Å². The van der Waals surface area contributed by atoms with Crippen molar-refractivity contribution < 1.29 is 8.91 Å². The summed E-state index contributed by atoms with van der Waals surface area (Å²) in [5.74, 6) is 0.734. The van der Waals surface area contributed by atoms with Crippen LogP contribution in [0.1, 0.15) is 11.5 Å². The monoisotopic (exact) mass is 294 g/mol. The Balaban J connectivity index is 1.65. The first kappa shape index (κ1) is 12.7. The van der Waals surface area contributed by atoms with Gasteiger partial charge in [0.25, 0.3) is 0 Å². The van der Waals surface area contributed by atoms with E-state index in [0.29, 0.717) is 18.1 Å². The SMILES string of the molecule is Fc1ccc(Cc2nc(-c3c[nH]c4ncccc34)no2)cc1. The van der Waals surface area contributed by atoms with Crippen molar-refractivity contribution in [2.75, 3.05) is 0 Å². The van der Waals surface area contributed by atoms with E-state index in [4.69, 9.17) is 4.52 Å². The molecule has 6 heteroatoms. The van der Waals surface area contributed by atoms with Crippen molar-refractivity contribution in [2.45, 2.75) is 6.42 Å². The molecular formula is C16H11FN4O. The third-order valence-corrected chi connectivity index (χ3v) is 3.43. The Labute approximate surface area is 124 Å². The lowest BCUT2D eigenvalue weighted by molar-refractivity contribution is 0.385. The van der Waals surface area contributed by atoms with Crippen molar-refractivity contribution in [1.82, 2.24) is 20.1 Å².